The first kappa shape index (κ1) is 13.4. The van der Waals surface area contributed by atoms with Crippen LogP contribution < -0.4 is 4.74 Å². The number of rotatable bonds is 3. The van der Waals surface area contributed by atoms with Crippen molar-refractivity contribution < 1.29 is 4.74 Å². The van der Waals surface area contributed by atoms with Crippen LogP contribution in [0.15, 0.2) is 79.0 Å². The summed E-state index contributed by atoms with van der Waals surface area (Å²) in [5, 5.41) is 1.01. The normalized spacial score (nSPS) is 10.6. The van der Waals surface area contributed by atoms with Crippen molar-refractivity contribution in [2.75, 3.05) is 0 Å². The number of para-hydroxylation sites is 2. The van der Waals surface area contributed by atoms with E-state index in [4.69, 9.17) is 4.74 Å². The van der Waals surface area contributed by atoms with Gasteiger partial charge in [0.2, 0.25) is 5.88 Å². The Labute approximate surface area is 133 Å². The van der Waals surface area contributed by atoms with Gasteiger partial charge in [0.15, 0.2) is 5.82 Å². The summed E-state index contributed by atoms with van der Waals surface area (Å²) in [5.41, 5.74) is 1.58. The number of nitrogens with zero attached hydrogens (tertiary/aromatic N) is 3. The topological polar surface area (TPSA) is 47.9 Å². The molecule has 2 aromatic carbocycles. The Morgan fingerprint density at radius 2 is 1.52 bits per heavy atom. The third-order valence-corrected chi connectivity index (χ3v) is 3.41. The third-order valence-electron chi connectivity index (χ3n) is 3.41. The van der Waals surface area contributed by atoms with Crippen molar-refractivity contribution in [3.63, 3.8) is 0 Å². The molecular weight excluding hydrogens is 286 g/mol. The van der Waals surface area contributed by atoms with Crippen LogP contribution in [0.25, 0.3) is 22.4 Å². The Morgan fingerprint density at radius 1 is 0.696 bits per heavy atom. The predicted octanol–water partition coefficient (Wildman–Crippen LogP) is 4.48. The second-order valence-corrected chi connectivity index (χ2v) is 5.03. The Bertz CT molecular complexity index is 955. The minimum absolute atomic E-state index is 0.519. The summed E-state index contributed by atoms with van der Waals surface area (Å²) in [7, 11) is 0. The number of ether oxygens (including phenoxy) is 1. The van der Waals surface area contributed by atoms with E-state index >= 15 is 0 Å². The van der Waals surface area contributed by atoms with Gasteiger partial charge in [-0.2, -0.15) is 0 Å². The van der Waals surface area contributed by atoms with Crippen LogP contribution in [0.3, 0.4) is 0 Å². The first-order chi connectivity index (χ1) is 11.4. The number of aromatic nitrogens is 3. The second-order valence-electron chi connectivity index (χ2n) is 5.03. The molecule has 0 aliphatic rings. The van der Waals surface area contributed by atoms with Gasteiger partial charge in [-0.05, 0) is 24.3 Å². The van der Waals surface area contributed by atoms with Gasteiger partial charge in [-0.25, -0.2) is 15.0 Å². The summed E-state index contributed by atoms with van der Waals surface area (Å²) in [4.78, 5) is 13.5. The minimum Gasteiger partial charge on any atom is -0.439 e. The van der Waals surface area contributed by atoms with E-state index in [1.54, 1.807) is 0 Å². The molecule has 0 aliphatic carbocycles. The molecule has 0 N–H and O–H groups in total. The Balaban J connectivity index is 1.69. The smallest absolute Gasteiger partial charge is 0.219 e. The number of benzene rings is 2. The first-order valence-electron chi connectivity index (χ1n) is 7.31. The summed E-state index contributed by atoms with van der Waals surface area (Å²) in [6.07, 6.45) is 1.81. The van der Waals surface area contributed by atoms with Crippen LogP contribution in [0, 0.1) is 0 Å². The van der Waals surface area contributed by atoms with E-state index in [0.29, 0.717) is 17.4 Å². The first-order valence-corrected chi connectivity index (χ1v) is 7.31. The molecular formula is C19H13N3O. The summed E-state index contributed by atoms with van der Waals surface area (Å²) in [6, 6.07) is 23.0. The van der Waals surface area contributed by atoms with E-state index in [0.717, 1.165) is 16.7 Å². The fourth-order valence-electron chi connectivity index (χ4n) is 2.30. The highest BCUT2D eigenvalue weighted by atomic mass is 16.5. The van der Waals surface area contributed by atoms with Crippen LogP contribution in [0.2, 0.25) is 0 Å². The molecule has 0 spiro atoms. The molecule has 4 aromatic rings. The van der Waals surface area contributed by atoms with Crippen LogP contribution >= 0.6 is 0 Å². The lowest BCUT2D eigenvalue weighted by atomic mass is 10.2. The van der Waals surface area contributed by atoms with E-state index < -0.39 is 0 Å². The van der Waals surface area contributed by atoms with Crippen molar-refractivity contribution in [3.05, 3.63) is 79.0 Å². The van der Waals surface area contributed by atoms with E-state index in [1.165, 1.54) is 0 Å². The highest BCUT2D eigenvalue weighted by Crippen LogP contribution is 2.22. The molecule has 4 nitrogen and oxygen atoms in total. The van der Waals surface area contributed by atoms with Crippen molar-refractivity contribution in [1.82, 2.24) is 15.0 Å². The van der Waals surface area contributed by atoms with Crippen LogP contribution in [-0.4, -0.2) is 15.0 Å². The highest BCUT2D eigenvalue weighted by Gasteiger charge is 2.06. The van der Waals surface area contributed by atoms with Gasteiger partial charge in [0.25, 0.3) is 0 Å². The van der Waals surface area contributed by atoms with Gasteiger partial charge >= 0.3 is 0 Å². The summed E-state index contributed by atoms with van der Waals surface area (Å²) >= 11 is 0. The fourth-order valence-corrected chi connectivity index (χ4v) is 2.30. The fraction of sp³-hybridized carbons (Fsp3) is 0. The monoisotopic (exact) mass is 299 g/mol. The van der Waals surface area contributed by atoms with Gasteiger partial charge < -0.3 is 4.74 Å². The maximum absolute atomic E-state index is 5.76. The van der Waals surface area contributed by atoms with Crippen LogP contribution in [0.1, 0.15) is 0 Å². The second kappa shape index (κ2) is 5.85. The standard InChI is InChI=1S/C19H13N3O/c1-2-8-15(9-3-1)23-18-12-6-11-17(21-18)19-20-13-14-7-4-5-10-16(14)22-19/h1-13H. The molecule has 23 heavy (non-hydrogen) atoms. The Morgan fingerprint density at radius 3 is 2.43 bits per heavy atom. The van der Waals surface area contributed by atoms with Gasteiger partial charge in [0.05, 0.1) is 5.52 Å². The number of hydrogen-bond donors (Lipinski definition) is 0. The molecule has 4 heteroatoms. The maximum atomic E-state index is 5.76. The zero-order valence-corrected chi connectivity index (χ0v) is 12.3. The maximum Gasteiger partial charge on any atom is 0.219 e. The van der Waals surface area contributed by atoms with Crippen molar-refractivity contribution in [1.29, 1.82) is 0 Å². The van der Waals surface area contributed by atoms with Gasteiger partial charge in [-0.15, -0.1) is 0 Å². The quantitative estimate of drug-likeness (QED) is 0.559. The summed E-state index contributed by atoms with van der Waals surface area (Å²) in [6.45, 7) is 0. The number of hydrogen-bond acceptors (Lipinski definition) is 4. The van der Waals surface area contributed by atoms with Crippen LogP contribution in [0.5, 0.6) is 11.6 Å². The lowest BCUT2D eigenvalue weighted by Crippen LogP contribution is -1.94. The molecule has 0 fully saturated rings. The van der Waals surface area contributed by atoms with E-state index in [9.17, 15) is 0 Å². The molecule has 0 unspecified atom stereocenters. The van der Waals surface area contributed by atoms with Crippen LogP contribution in [0.4, 0.5) is 0 Å². The van der Waals surface area contributed by atoms with Crippen molar-refractivity contribution in [2.45, 2.75) is 0 Å². The molecule has 0 amide bonds. The molecule has 4 rings (SSSR count). The average Bonchev–Trinajstić information content (AvgIpc) is 2.62. The summed E-state index contributed by atoms with van der Waals surface area (Å²) < 4.78 is 5.76. The highest BCUT2D eigenvalue weighted by molar-refractivity contribution is 5.79. The van der Waals surface area contributed by atoms with Crippen molar-refractivity contribution in [3.8, 4) is 23.1 Å². The van der Waals surface area contributed by atoms with Gasteiger partial charge in [0, 0.05) is 17.6 Å². The molecule has 0 saturated carbocycles. The van der Waals surface area contributed by atoms with E-state index in [-0.39, 0.29) is 0 Å². The number of pyridine rings is 1. The molecule has 2 heterocycles. The largest absolute Gasteiger partial charge is 0.439 e. The SMILES string of the molecule is c1ccc(Oc2cccc(-c3ncc4ccccc4n3)n2)cc1. The average molecular weight is 299 g/mol. The lowest BCUT2D eigenvalue weighted by molar-refractivity contribution is 0.463. The van der Waals surface area contributed by atoms with Crippen molar-refractivity contribution >= 4 is 10.9 Å². The Hall–Kier alpha value is -3.27. The molecule has 0 aliphatic heterocycles. The van der Waals surface area contributed by atoms with E-state index in [1.807, 2.05) is 79.0 Å². The third kappa shape index (κ3) is 2.87. The molecule has 2 aromatic heterocycles. The zero-order valence-electron chi connectivity index (χ0n) is 12.3. The van der Waals surface area contributed by atoms with Gasteiger partial charge in [-0.1, -0.05) is 42.5 Å². The zero-order chi connectivity index (χ0) is 15.5. The molecule has 0 radical (unpaired) electrons. The summed E-state index contributed by atoms with van der Waals surface area (Å²) in [5.74, 6) is 1.85. The molecule has 0 saturated heterocycles. The molecule has 0 atom stereocenters. The molecule has 110 valence electrons. The van der Waals surface area contributed by atoms with Crippen molar-refractivity contribution in [2.24, 2.45) is 0 Å². The van der Waals surface area contributed by atoms with Gasteiger partial charge in [-0.3, -0.25) is 0 Å². The number of fused-ring (bicyclic) bond motifs is 1. The Kier molecular flexibility index (Phi) is 3.41. The lowest BCUT2D eigenvalue weighted by Gasteiger charge is -2.06. The van der Waals surface area contributed by atoms with Crippen LogP contribution in [-0.2, 0) is 0 Å². The van der Waals surface area contributed by atoms with E-state index in [2.05, 4.69) is 15.0 Å². The predicted molar refractivity (Wildman–Crippen MR) is 89.3 cm³/mol. The molecule has 0 bridgehead atoms. The van der Waals surface area contributed by atoms with Gasteiger partial charge in [0.1, 0.15) is 11.4 Å². The minimum atomic E-state index is 0.519.